The number of rotatable bonds is 5. The minimum absolute atomic E-state index is 0.0164. The average Bonchev–Trinajstić information content (AvgIpc) is 3.24. The molecule has 1 aliphatic carbocycles. The fraction of sp³-hybridized carbons (Fsp3) is 0.417. The summed E-state index contributed by atoms with van der Waals surface area (Å²) in [6.07, 6.45) is 2.18. The number of nitrogens with one attached hydrogen (secondary N) is 4. The Bertz CT molecular complexity index is 1040. The van der Waals surface area contributed by atoms with E-state index in [1.54, 1.807) is 18.2 Å². The smallest absolute Gasteiger partial charge is 0.226 e. The third kappa shape index (κ3) is 4.48. The first kappa shape index (κ1) is 22.3. The summed E-state index contributed by atoms with van der Waals surface area (Å²) in [4.78, 5) is 25.7. The molecule has 174 valence electrons. The predicted octanol–water partition coefficient (Wildman–Crippen LogP) is 2.44. The molecule has 5 rings (SSSR count). The lowest BCUT2D eigenvalue weighted by Gasteiger charge is -2.46. The third-order valence-electron chi connectivity index (χ3n) is 7.00. The molecule has 9 heteroatoms. The fourth-order valence-electron chi connectivity index (χ4n) is 5.25. The van der Waals surface area contributed by atoms with Crippen LogP contribution in [-0.4, -0.2) is 35.6 Å². The molecule has 0 spiro atoms. The zero-order chi connectivity index (χ0) is 22.9. The normalized spacial score (nSPS) is 29.2. The van der Waals surface area contributed by atoms with E-state index in [2.05, 4.69) is 21.6 Å². The Kier molecular flexibility index (Phi) is 6.34. The minimum atomic E-state index is -0.428. The maximum atomic E-state index is 14.4. The van der Waals surface area contributed by atoms with Crippen LogP contribution < -0.4 is 21.6 Å². The number of benzene rings is 2. The van der Waals surface area contributed by atoms with Crippen molar-refractivity contribution in [2.45, 2.75) is 43.9 Å². The quantitative estimate of drug-likeness (QED) is 0.538. The molecule has 0 radical (unpaired) electrons. The van der Waals surface area contributed by atoms with Crippen LogP contribution in [0.2, 0.25) is 5.02 Å². The monoisotopic (exact) mass is 471 g/mol. The number of hydrazine groups is 2. The number of hydrogen-bond donors (Lipinski definition) is 4. The first-order valence-electron chi connectivity index (χ1n) is 11.4. The summed E-state index contributed by atoms with van der Waals surface area (Å²) in [5, 5.41) is 8.73. The van der Waals surface area contributed by atoms with Crippen LogP contribution >= 0.6 is 11.6 Å². The molecule has 3 aliphatic rings. The highest BCUT2D eigenvalue weighted by Gasteiger charge is 2.51. The van der Waals surface area contributed by atoms with Gasteiger partial charge in [0.15, 0.2) is 0 Å². The summed E-state index contributed by atoms with van der Waals surface area (Å²) >= 11 is 5.92. The topological polar surface area (TPSA) is 85.5 Å². The van der Waals surface area contributed by atoms with Gasteiger partial charge in [-0.1, -0.05) is 41.9 Å². The number of halogens is 2. The number of carbonyl (C=O) groups excluding carboxylic acids is 2. The lowest BCUT2D eigenvalue weighted by Crippen LogP contribution is -2.65. The van der Waals surface area contributed by atoms with Gasteiger partial charge in [0.1, 0.15) is 12.0 Å². The maximum Gasteiger partial charge on any atom is 0.226 e. The van der Waals surface area contributed by atoms with Gasteiger partial charge in [0.25, 0.3) is 0 Å². The van der Waals surface area contributed by atoms with Crippen LogP contribution in [0, 0.1) is 17.7 Å². The van der Waals surface area contributed by atoms with Crippen molar-refractivity contribution in [1.29, 1.82) is 0 Å². The standard InChI is InChI=1S/C24H27ClFN5O2/c25-16-8-5-14(6-9-16)11-12-27-23(32)15-7-10-18-20(13-15)31-22(28-24(18)33)21(29-30-31)17-3-1-2-4-19(17)26/h1-6,8-9,15,18,20-22,29-30H,7,10-13H2,(H,27,32)(H,28,33). The Morgan fingerprint density at radius 2 is 1.94 bits per heavy atom. The number of hydrogen-bond acceptors (Lipinski definition) is 5. The highest BCUT2D eigenvalue weighted by Crippen LogP contribution is 2.39. The van der Waals surface area contributed by atoms with E-state index in [0.29, 0.717) is 36.4 Å². The molecule has 4 N–H and O–H groups in total. The van der Waals surface area contributed by atoms with Crippen molar-refractivity contribution in [3.05, 3.63) is 70.5 Å². The van der Waals surface area contributed by atoms with Crippen LogP contribution in [0.25, 0.3) is 0 Å². The first-order chi connectivity index (χ1) is 16.0. The van der Waals surface area contributed by atoms with Gasteiger partial charge in [-0.05, 0) is 49.4 Å². The molecule has 2 aliphatic heterocycles. The molecule has 33 heavy (non-hydrogen) atoms. The van der Waals surface area contributed by atoms with Gasteiger partial charge in [-0.25, -0.2) is 14.8 Å². The fourth-order valence-corrected chi connectivity index (χ4v) is 5.37. The van der Waals surface area contributed by atoms with Crippen LogP contribution in [0.1, 0.15) is 36.4 Å². The summed E-state index contributed by atoms with van der Waals surface area (Å²) in [6, 6.07) is 13.6. The van der Waals surface area contributed by atoms with E-state index in [4.69, 9.17) is 11.6 Å². The van der Waals surface area contributed by atoms with Crippen molar-refractivity contribution in [1.82, 2.24) is 26.6 Å². The van der Waals surface area contributed by atoms with E-state index in [1.165, 1.54) is 6.07 Å². The van der Waals surface area contributed by atoms with E-state index >= 15 is 0 Å². The number of carbonyl (C=O) groups is 2. The van der Waals surface area contributed by atoms with Crippen LogP contribution in [0.5, 0.6) is 0 Å². The van der Waals surface area contributed by atoms with Gasteiger partial charge in [-0.3, -0.25) is 9.59 Å². The van der Waals surface area contributed by atoms with E-state index < -0.39 is 12.2 Å². The summed E-state index contributed by atoms with van der Waals surface area (Å²) in [6.45, 7) is 0.549. The van der Waals surface area contributed by atoms with E-state index in [0.717, 1.165) is 12.0 Å². The Balaban J connectivity index is 1.23. The van der Waals surface area contributed by atoms with Crippen LogP contribution in [-0.2, 0) is 16.0 Å². The molecular weight excluding hydrogens is 445 g/mol. The molecule has 2 heterocycles. The summed E-state index contributed by atoms with van der Waals surface area (Å²) in [5.41, 5.74) is 7.87. The zero-order valence-electron chi connectivity index (χ0n) is 18.1. The molecule has 5 unspecified atom stereocenters. The Labute approximate surface area is 197 Å². The molecule has 7 nitrogen and oxygen atoms in total. The van der Waals surface area contributed by atoms with Crippen molar-refractivity contribution < 1.29 is 14.0 Å². The second-order valence-electron chi connectivity index (χ2n) is 8.97. The predicted molar refractivity (Wildman–Crippen MR) is 122 cm³/mol. The highest BCUT2D eigenvalue weighted by atomic mass is 35.5. The molecule has 0 aromatic heterocycles. The van der Waals surface area contributed by atoms with Crippen molar-refractivity contribution in [2.24, 2.45) is 11.8 Å². The van der Waals surface area contributed by atoms with E-state index in [1.807, 2.05) is 29.3 Å². The van der Waals surface area contributed by atoms with Crippen molar-refractivity contribution in [2.75, 3.05) is 6.54 Å². The van der Waals surface area contributed by atoms with Gasteiger partial charge >= 0.3 is 0 Å². The number of nitrogens with zero attached hydrogens (tertiary/aromatic N) is 1. The molecular formula is C24H27ClFN5O2. The molecule has 1 saturated carbocycles. The molecule has 5 atom stereocenters. The van der Waals surface area contributed by atoms with Crippen molar-refractivity contribution in [3.8, 4) is 0 Å². The lowest BCUT2D eigenvalue weighted by atomic mass is 9.75. The first-order valence-corrected chi connectivity index (χ1v) is 11.8. The molecule has 2 aromatic rings. The van der Waals surface area contributed by atoms with Gasteiger partial charge in [-0.2, -0.15) is 5.53 Å². The number of amides is 2. The van der Waals surface area contributed by atoms with Gasteiger partial charge in [-0.15, -0.1) is 0 Å². The maximum absolute atomic E-state index is 14.4. The Morgan fingerprint density at radius 3 is 2.73 bits per heavy atom. The summed E-state index contributed by atoms with van der Waals surface area (Å²) in [5.74, 6) is -0.709. The van der Waals surface area contributed by atoms with Crippen molar-refractivity contribution in [3.63, 3.8) is 0 Å². The SMILES string of the molecule is O=C(NCCc1ccc(Cl)cc1)C1CCC2C(=O)NC3C(c4ccccc4F)NNN3C2C1. The molecule has 2 amide bonds. The summed E-state index contributed by atoms with van der Waals surface area (Å²) in [7, 11) is 0. The Hall–Kier alpha value is -2.52. The highest BCUT2D eigenvalue weighted by molar-refractivity contribution is 6.30. The van der Waals surface area contributed by atoms with Crippen LogP contribution in [0.4, 0.5) is 4.39 Å². The average molecular weight is 472 g/mol. The second-order valence-corrected chi connectivity index (χ2v) is 9.40. The van der Waals surface area contributed by atoms with Crippen molar-refractivity contribution >= 4 is 23.4 Å². The summed E-state index contributed by atoms with van der Waals surface area (Å²) < 4.78 is 14.4. The molecule has 2 saturated heterocycles. The lowest BCUT2D eigenvalue weighted by molar-refractivity contribution is -0.143. The molecule has 0 bridgehead atoms. The van der Waals surface area contributed by atoms with Gasteiger partial charge in [0, 0.05) is 29.1 Å². The largest absolute Gasteiger partial charge is 0.356 e. The van der Waals surface area contributed by atoms with Gasteiger partial charge in [0.2, 0.25) is 11.8 Å². The van der Waals surface area contributed by atoms with Gasteiger partial charge in [0.05, 0.1) is 12.0 Å². The van der Waals surface area contributed by atoms with Crippen LogP contribution in [0.15, 0.2) is 48.5 Å². The number of fused-ring (bicyclic) bond motifs is 3. The van der Waals surface area contributed by atoms with E-state index in [-0.39, 0.29) is 35.5 Å². The third-order valence-corrected chi connectivity index (χ3v) is 7.25. The van der Waals surface area contributed by atoms with Gasteiger partial charge < -0.3 is 10.6 Å². The second kappa shape index (κ2) is 9.38. The molecule has 3 fully saturated rings. The molecule has 2 aromatic carbocycles. The minimum Gasteiger partial charge on any atom is -0.356 e. The van der Waals surface area contributed by atoms with E-state index in [9.17, 15) is 14.0 Å². The zero-order valence-corrected chi connectivity index (χ0v) is 18.8. The Morgan fingerprint density at radius 1 is 1.15 bits per heavy atom. The van der Waals surface area contributed by atoms with Crippen LogP contribution in [0.3, 0.4) is 0 Å².